The van der Waals surface area contributed by atoms with Crippen LogP contribution < -0.4 is 10.2 Å². The van der Waals surface area contributed by atoms with E-state index in [0.29, 0.717) is 11.4 Å². The first-order valence-electron chi connectivity index (χ1n) is 7.29. The third-order valence-corrected chi connectivity index (χ3v) is 4.14. The van der Waals surface area contributed by atoms with E-state index in [1.54, 1.807) is 12.1 Å². The summed E-state index contributed by atoms with van der Waals surface area (Å²) in [6.07, 6.45) is 0.0684. The Morgan fingerprint density at radius 1 is 1.25 bits per heavy atom. The fourth-order valence-corrected chi connectivity index (χ4v) is 2.75. The highest BCUT2D eigenvalue weighted by Gasteiger charge is 2.35. The van der Waals surface area contributed by atoms with E-state index in [4.69, 9.17) is 11.6 Å². The fraction of sp³-hybridized carbons (Fsp3) is 0.176. The highest BCUT2D eigenvalue weighted by molar-refractivity contribution is 6.31. The van der Waals surface area contributed by atoms with Gasteiger partial charge >= 0.3 is 0 Å². The Bertz CT molecular complexity index is 795. The van der Waals surface area contributed by atoms with Crippen molar-refractivity contribution in [3.05, 3.63) is 53.3 Å². The Kier molecular flexibility index (Phi) is 4.40. The van der Waals surface area contributed by atoms with Crippen LogP contribution in [0.3, 0.4) is 0 Å². The molecule has 7 heteroatoms. The quantitative estimate of drug-likeness (QED) is 0.837. The van der Waals surface area contributed by atoms with Gasteiger partial charge in [-0.2, -0.15) is 0 Å². The van der Waals surface area contributed by atoms with E-state index in [1.165, 1.54) is 35.2 Å². The van der Waals surface area contributed by atoms with Gasteiger partial charge in [-0.15, -0.1) is 0 Å². The van der Waals surface area contributed by atoms with E-state index >= 15 is 0 Å². The topological polar surface area (TPSA) is 69.6 Å². The third kappa shape index (κ3) is 3.33. The Morgan fingerprint density at radius 3 is 2.62 bits per heavy atom. The number of anilines is 2. The molecule has 1 fully saturated rings. The van der Waals surface area contributed by atoms with Crippen molar-refractivity contribution in [2.45, 2.75) is 6.42 Å². The van der Waals surface area contributed by atoms with Gasteiger partial charge in [-0.25, -0.2) is 4.39 Å². The lowest BCUT2D eigenvalue weighted by Crippen LogP contribution is -2.28. The molecular formula is C17H14ClFN2O3. The van der Waals surface area contributed by atoms with Crippen molar-refractivity contribution in [1.82, 2.24) is 0 Å². The van der Waals surface area contributed by atoms with Crippen molar-refractivity contribution in [3.63, 3.8) is 0 Å². The number of phenolic OH excluding ortho intramolecular Hbond substituents is 1. The molecule has 124 valence electrons. The van der Waals surface area contributed by atoms with Crippen LogP contribution in [0, 0.1) is 11.7 Å². The van der Waals surface area contributed by atoms with Crippen molar-refractivity contribution in [3.8, 4) is 5.75 Å². The van der Waals surface area contributed by atoms with Gasteiger partial charge in [0.15, 0.2) is 0 Å². The number of carbonyl (C=O) groups is 2. The van der Waals surface area contributed by atoms with Crippen LogP contribution in [-0.2, 0) is 9.59 Å². The number of nitrogens with zero attached hydrogens (tertiary/aromatic N) is 1. The van der Waals surface area contributed by atoms with Gasteiger partial charge in [0.1, 0.15) is 11.6 Å². The Hall–Kier alpha value is -2.60. The maximum atomic E-state index is 13.2. The lowest BCUT2D eigenvalue weighted by molar-refractivity contribution is -0.122. The number of aromatic hydroxyl groups is 1. The summed E-state index contributed by atoms with van der Waals surface area (Å²) in [7, 11) is 0. The minimum absolute atomic E-state index is 0.0684. The van der Waals surface area contributed by atoms with Crippen molar-refractivity contribution in [2.75, 3.05) is 16.8 Å². The van der Waals surface area contributed by atoms with Gasteiger partial charge in [0.25, 0.3) is 0 Å². The van der Waals surface area contributed by atoms with Crippen LogP contribution in [0.25, 0.3) is 0 Å². The first kappa shape index (κ1) is 16.3. The maximum Gasteiger partial charge on any atom is 0.229 e. The molecule has 5 nitrogen and oxygen atoms in total. The molecule has 1 saturated heterocycles. The number of benzene rings is 2. The van der Waals surface area contributed by atoms with E-state index in [0.717, 1.165) is 0 Å². The number of hydrogen-bond acceptors (Lipinski definition) is 3. The summed E-state index contributed by atoms with van der Waals surface area (Å²) < 4.78 is 13.2. The van der Waals surface area contributed by atoms with Crippen molar-refractivity contribution in [1.29, 1.82) is 0 Å². The third-order valence-electron chi connectivity index (χ3n) is 3.85. The van der Waals surface area contributed by atoms with Crippen LogP contribution in [0.1, 0.15) is 6.42 Å². The molecule has 1 aliphatic heterocycles. The molecule has 0 radical (unpaired) electrons. The number of rotatable bonds is 3. The van der Waals surface area contributed by atoms with Gasteiger partial charge in [0.2, 0.25) is 11.8 Å². The molecule has 1 aliphatic rings. The van der Waals surface area contributed by atoms with Gasteiger partial charge in [0, 0.05) is 24.3 Å². The highest BCUT2D eigenvalue weighted by atomic mass is 35.5. The minimum Gasteiger partial charge on any atom is -0.508 e. The van der Waals surface area contributed by atoms with Crippen LogP contribution in [0.4, 0.5) is 15.8 Å². The molecule has 3 rings (SSSR count). The highest BCUT2D eigenvalue weighted by Crippen LogP contribution is 2.29. The predicted molar refractivity (Wildman–Crippen MR) is 88.6 cm³/mol. The summed E-state index contributed by atoms with van der Waals surface area (Å²) >= 11 is 5.75. The van der Waals surface area contributed by atoms with Gasteiger partial charge in [0.05, 0.1) is 10.9 Å². The molecule has 1 heterocycles. The molecule has 2 aromatic carbocycles. The summed E-state index contributed by atoms with van der Waals surface area (Å²) in [5.74, 6) is -1.49. The van der Waals surface area contributed by atoms with Crippen LogP contribution in [0.5, 0.6) is 5.75 Å². The van der Waals surface area contributed by atoms with Gasteiger partial charge in [-0.3, -0.25) is 9.59 Å². The first-order chi connectivity index (χ1) is 11.4. The minimum atomic E-state index is -0.561. The molecule has 1 atom stereocenters. The molecule has 24 heavy (non-hydrogen) atoms. The molecular weight excluding hydrogens is 335 g/mol. The van der Waals surface area contributed by atoms with E-state index in [2.05, 4.69) is 5.32 Å². The number of halogens is 2. The molecule has 0 bridgehead atoms. The second-order valence-electron chi connectivity index (χ2n) is 5.54. The summed E-state index contributed by atoms with van der Waals surface area (Å²) in [6, 6.07) is 10.1. The summed E-state index contributed by atoms with van der Waals surface area (Å²) in [6.45, 7) is 0.199. The van der Waals surface area contributed by atoms with Crippen LogP contribution in [-0.4, -0.2) is 23.5 Å². The molecule has 0 saturated carbocycles. The van der Waals surface area contributed by atoms with Crippen LogP contribution in [0.2, 0.25) is 5.02 Å². The number of hydrogen-bond donors (Lipinski definition) is 2. The standard InChI is InChI=1S/C17H14ClFN2O3/c18-14-8-12(3-6-15(14)19)21-9-10(7-16(21)23)17(24)20-11-1-4-13(22)5-2-11/h1-6,8,10,22H,7,9H2,(H,20,24)/t10-/m0/s1. The lowest BCUT2D eigenvalue weighted by atomic mass is 10.1. The monoisotopic (exact) mass is 348 g/mol. The second kappa shape index (κ2) is 6.49. The van der Waals surface area contributed by atoms with Crippen molar-refractivity contribution < 1.29 is 19.1 Å². The number of amides is 2. The van der Waals surface area contributed by atoms with E-state index in [1.807, 2.05) is 0 Å². The van der Waals surface area contributed by atoms with E-state index < -0.39 is 11.7 Å². The van der Waals surface area contributed by atoms with E-state index in [-0.39, 0.29) is 35.6 Å². The number of phenols is 1. The summed E-state index contributed by atoms with van der Waals surface area (Å²) in [5, 5.41) is 11.9. The Labute approximate surface area is 142 Å². The average Bonchev–Trinajstić information content (AvgIpc) is 2.94. The van der Waals surface area contributed by atoms with Gasteiger partial charge in [-0.05, 0) is 42.5 Å². The first-order valence-corrected chi connectivity index (χ1v) is 7.67. The fourth-order valence-electron chi connectivity index (χ4n) is 2.57. The van der Waals surface area contributed by atoms with Gasteiger partial charge in [-0.1, -0.05) is 11.6 Å². The van der Waals surface area contributed by atoms with E-state index in [9.17, 15) is 19.1 Å². The SMILES string of the molecule is O=C(Nc1ccc(O)cc1)[C@H]1CC(=O)N(c2ccc(F)c(Cl)c2)C1. The average molecular weight is 349 g/mol. The number of nitrogens with one attached hydrogen (secondary N) is 1. The predicted octanol–water partition coefficient (Wildman–Crippen LogP) is 3.18. The van der Waals surface area contributed by atoms with Crippen LogP contribution >= 0.6 is 11.6 Å². The van der Waals surface area contributed by atoms with Crippen molar-refractivity contribution >= 4 is 34.8 Å². The molecule has 0 spiro atoms. The lowest BCUT2D eigenvalue weighted by Gasteiger charge is -2.17. The smallest absolute Gasteiger partial charge is 0.229 e. The molecule has 0 aromatic heterocycles. The largest absolute Gasteiger partial charge is 0.508 e. The molecule has 2 amide bonds. The Balaban J connectivity index is 1.70. The van der Waals surface area contributed by atoms with Crippen molar-refractivity contribution in [2.24, 2.45) is 5.92 Å². The van der Waals surface area contributed by atoms with Crippen LogP contribution in [0.15, 0.2) is 42.5 Å². The van der Waals surface area contributed by atoms with Gasteiger partial charge < -0.3 is 15.3 Å². The molecule has 2 aromatic rings. The zero-order valence-corrected chi connectivity index (χ0v) is 13.3. The number of carbonyl (C=O) groups excluding carboxylic acids is 2. The second-order valence-corrected chi connectivity index (χ2v) is 5.95. The Morgan fingerprint density at radius 2 is 1.96 bits per heavy atom. The normalized spacial score (nSPS) is 17.2. The summed E-state index contributed by atoms with van der Waals surface area (Å²) in [4.78, 5) is 25.9. The summed E-state index contributed by atoms with van der Waals surface area (Å²) in [5.41, 5.74) is 1.000. The zero-order chi connectivity index (χ0) is 17.3. The molecule has 0 unspecified atom stereocenters. The zero-order valence-electron chi connectivity index (χ0n) is 12.5. The molecule has 2 N–H and O–H groups in total. The maximum absolute atomic E-state index is 13.2. The molecule has 0 aliphatic carbocycles.